The van der Waals surface area contributed by atoms with Crippen LogP contribution in [-0.4, -0.2) is 24.8 Å². The Labute approximate surface area is 119 Å². The fourth-order valence-corrected chi connectivity index (χ4v) is 2.28. The van der Waals surface area contributed by atoms with Crippen LogP contribution in [0.15, 0.2) is 36.5 Å². The second kappa shape index (κ2) is 6.68. The molecule has 1 aromatic carbocycles. The summed E-state index contributed by atoms with van der Waals surface area (Å²) in [7, 11) is 0. The number of anilines is 1. The van der Waals surface area contributed by atoms with Crippen LogP contribution in [0.4, 0.5) is 5.69 Å². The predicted octanol–water partition coefficient (Wildman–Crippen LogP) is 2.90. The second-order valence-electron chi connectivity index (χ2n) is 4.88. The summed E-state index contributed by atoms with van der Waals surface area (Å²) in [6, 6.07) is 7.99. The third-order valence-corrected chi connectivity index (χ3v) is 3.39. The Morgan fingerprint density at radius 1 is 1.35 bits per heavy atom. The van der Waals surface area contributed by atoms with Crippen LogP contribution < -0.4 is 5.32 Å². The van der Waals surface area contributed by atoms with Crippen molar-refractivity contribution in [1.29, 1.82) is 0 Å². The molecular weight excluding hydrogens is 254 g/mol. The van der Waals surface area contributed by atoms with Gasteiger partial charge < -0.3 is 14.8 Å². The van der Waals surface area contributed by atoms with E-state index in [9.17, 15) is 4.79 Å². The maximum Gasteiger partial charge on any atom is 0.172 e. The van der Waals surface area contributed by atoms with Gasteiger partial charge in [0.25, 0.3) is 0 Å². The summed E-state index contributed by atoms with van der Waals surface area (Å²) >= 11 is 0. The van der Waals surface area contributed by atoms with Crippen molar-refractivity contribution in [3.8, 4) is 0 Å². The molecule has 1 aromatic rings. The molecule has 0 amide bonds. The van der Waals surface area contributed by atoms with E-state index in [1.54, 1.807) is 6.20 Å². The van der Waals surface area contributed by atoms with Gasteiger partial charge in [0.05, 0.1) is 13.2 Å². The standard InChI is InChI=1S/C16H21NO3/c1-3-16(19-10-11-20-16)12-14-6-4-5-7-15(14)17-9-8-13(2)18/h4-9,17H,3,10-12H2,1-2H3/b9-8+. The lowest BCUT2D eigenvalue weighted by Gasteiger charge is -2.27. The molecular formula is C16H21NO3. The number of hydrogen-bond donors (Lipinski definition) is 1. The maximum atomic E-state index is 10.9. The summed E-state index contributed by atoms with van der Waals surface area (Å²) in [4.78, 5) is 10.9. The van der Waals surface area contributed by atoms with Crippen molar-refractivity contribution in [2.75, 3.05) is 18.5 Å². The van der Waals surface area contributed by atoms with Crippen LogP contribution in [0.2, 0.25) is 0 Å². The van der Waals surface area contributed by atoms with Crippen molar-refractivity contribution < 1.29 is 14.3 Å². The predicted molar refractivity (Wildman–Crippen MR) is 78.5 cm³/mol. The lowest BCUT2D eigenvalue weighted by Crippen LogP contribution is -2.32. The minimum absolute atomic E-state index is 0.0162. The van der Waals surface area contributed by atoms with E-state index >= 15 is 0 Å². The van der Waals surface area contributed by atoms with E-state index in [1.165, 1.54) is 13.0 Å². The highest BCUT2D eigenvalue weighted by Crippen LogP contribution is 2.30. The Bertz CT molecular complexity index is 490. The van der Waals surface area contributed by atoms with Crippen LogP contribution >= 0.6 is 0 Å². The number of carbonyl (C=O) groups excluding carboxylic acids is 1. The van der Waals surface area contributed by atoms with Crippen molar-refractivity contribution in [3.05, 3.63) is 42.1 Å². The van der Waals surface area contributed by atoms with E-state index in [-0.39, 0.29) is 5.78 Å². The van der Waals surface area contributed by atoms with Crippen LogP contribution in [0, 0.1) is 0 Å². The van der Waals surface area contributed by atoms with Gasteiger partial charge in [-0.3, -0.25) is 4.79 Å². The largest absolute Gasteiger partial charge is 0.361 e. The summed E-state index contributed by atoms with van der Waals surface area (Å²) in [6.07, 6.45) is 4.68. The molecule has 108 valence electrons. The number of rotatable bonds is 6. The van der Waals surface area contributed by atoms with Gasteiger partial charge in [0, 0.05) is 18.3 Å². The van der Waals surface area contributed by atoms with Gasteiger partial charge >= 0.3 is 0 Å². The van der Waals surface area contributed by atoms with Crippen molar-refractivity contribution in [2.24, 2.45) is 0 Å². The fourth-order valence-electron chi connectivity index (χ4n) is 2.28. The first-order chi connectivity index (χ1) is 9.65. The summed E-state index contributed by atoms with van der Waals surface area (Å²) < 4.78 is 11.5. The topological polar surface area (TPSA) is 47.6 Å². The molecule has 0 spiro atoms. The molecule has 4 nitrogen and oxygen atoms in total. The van der Waals surface area contributed by atoms with Crippen molar-refractivity contribution >= 4 is 11.5 Å². The molecule has 0 unspecified atom stereocenters. The number of ketones is 1. The third kappa shape index (κ3) is 3.68. The Kier molecular flexibility index (Phi) is 4.93. The van der Waals surface area contributed by atoms with Gasteiger partial charge in [-0.1, -0.05) is 25.1 Å². The molecule has 0 radical (unpaired) electrons. The van der Waals surface area contributed by atoms with E-state index in [2.05, 4.69) is 12.2 Å². The molecule has 1 saturated heterocycles. The zero-order valence-electron chi connectivity index (χ0n) is 12.0. The van der Waals surface area contributed by atoms with Crippen LogP contribution in [0.5, 0.6) is 0 Å². The summed E-state index contributed by atoms with van der Waals surface area (Å²) in [5, 5.41) is 3.15. The first-order valence-electron chi connectivity index (χ1n) is 6.95. The number of nitrogens with one attached hydrogen (secondary N) is 1. The highest BCUT2D eigenvalue weighted by Gasteiger charge is 2.35. The molecule has 0 aromatic heterocycles. The Hall–Kier alpha value is -1.65. The van der Waals surface area contributed by atoms with Crippen molar-refractivity contribution in [2.45, 2.75) is 32.5 Å². The number of ether oxygens (including phenoxy) is 2. The van der Waals surface area contributed by atoms with Crippen molar-refractivity contribution in [1.82, 2.24) is 0 Å². The minimum atomic E-state index is -0.512. The minimum Gasteiger partial charge on any atom is -0.361 e. The number of benzene rings is 1. The van der Waals surface area contributed by atoms with Gasteiger partial charge in [-0.05, 0) is 31.1 Å². The average Bonchev–Trinajstić information content (AvgIpc) is 2.89. The summed E-state index contributed by atoms with van der Waals surface area (Å²) in [5.41, 5.74) is 2.08. The Balaban J connectivity index is 2.13. The molecule has 0 atom stereocenters. The van der Waals surface area contributed by atoms with E-state index < -0.39 is 5.79 Å². The quantitative estimate of drug-likeness (QED) is 0.811. The smallest absolute Gasteiger partial charge is 0.172 e. The number of carbonyl (C=O) groups is 1. The molecule has 0 aliphatic carbocycles. The van der Waals surface area contributed by atoms with Crippen LogP contribution in [0.3, 0.4) is 0 Å². The maximum absolute atomic E-state index is 10.9. The van der Waals surface area contributed by atoms with Crippen LogP contribution in [0.25, 0.3) is 0 Å². The molecule has 1 fully saturated rings. The Morgan fingerprint density at radius 2 is 2.05 bits per heavy atom. The van der Waals surface area contributed by atoms with E-state index in [4.69, 9.17) is 9.47 Å². The molecule has 1 heterocycles. The van der Waals surface area contributed by atoms with Crippen LogP contribution in [-0.2, 0) is 20.7 Å². The molecule has 1 N–H and O–H groups in total. The van der Waals surface area contributed by atoms with Gasteiger partial charge in [-0.25, -0.2) is 0 Å². The molecule has 1 aliphatic rings. The van der Waals surface area contributed by atoms with E-state index in [0.29, 0.717) is 19.6 Å². The number of hydrogen-bond acceptors (Lipinski definition) is 4. The molecule has 2 rings (SSSR count). The summed E-state index contributed by atoms with van der Waals surface area (Å²) in [5.74, 6) is -0.496. The average molecular weight is 275 g/mol. The Morgan fingerprint density at radius 3 is 2.70 bits per heavy atom. The van der Waals surface area contributed by atoms with Gasteiger partial charge in [-0.15, -0.1) is 0 Å². The van der Waals surface area contributed by atoms with Gasteiger partial charge in [0.1, 0.15) is 0 Å². The first kappa shape index (κ1) is 14.8. The van der Waals surface area contributed by atoms with Gasteiger partial charge in [0.15, 0.2) is 11.6 Å². The van der Waals surface area contributed by atoms with Crippen molar-refractivity contribution in [3.63, 3.8) is 0 Å². The van der Waals surface area contributed by atoms with Crippen LogP contribution in [0.1, 0.15) is 25.8 Å². The monoisotopic (exact) mass is 275 g/mol. The van der Waals surface area contributed by atoms with Gasteiger partial charge in [-0.2, -0.15) is 0 Å². The summed E-state index contributed by atoms with van der Waals surface area (Å²) in [6.45, 7) is 4.88. The van der Waals surface area contributed by atoms with E-state index in [0.717, 1.165) is 17.7 Å². The SMILES string of the molecule is CCC1(Cc2ccccc2N/C=C/C(C)=O)OCCO1. The second-order valence-corrected chi connectivity index (χ2v) is 4.88. The zero-order chi connectivity index (χ0) is 14.4. The first-order valence-corrected chi connectivity index (χ1v) is 6.95. The molecule has 20 heavy (non-hydrogen) atoms. The third-order valence-electron chi connectivity index (χ3n) is 3.39. The number of allylic oxidation sites excluding steroid dienone is 1. The lowest BCUT2D eigenvalue weighted by molar-refractivity contribution is -0.157. The highest BCUT2D eigenvalue weighted by molar-refractivity contribution is 5.87. The molecule has 0 saturated carbocycles. The fraction of sp³-hybridized carbons (Fsp3) is 0.438. The highest BCUT2D eigenvalue weighted by atomic mass is 16.7. The molecule has 1 aliphatic heterocycles. The normalized spacial score (nSPS) is 17.5. The van der Waals surface area contributed by atoms with Gasteiger partial charge in [0.2, 0.25) is 0 Å². The molecule has 4 heteroatoms. The van der Waals surface area contributed by atoms with E-state index in [1.807, 2.05) is 24.3 Å². The lowest BCUT2D eigenvalue weighted by atomic mass is 10.0. The molecule has 0 bridgehead atoms. The zero-order valence-corrected chi connectivity index (χ0v) is 12.0. The number of para-hydroxylation sites is 1.